The lowest BCUT2D eigenvalue weighted by atomic mass is 10.1. The van der Waals surface area contributed by atoms with Gasteiger partial charge in [-0.2, -0.15) is 8.78 Å². The number of aromatic nitrogens is 1. The zero-order chi connectivity index (χ0) is 9.35. The Morgan fingerprint density at radius 3 is 2.67 bits per heavy atom. The number of hydrogen-bond acceptors (Lipinski definition) is 3. The fraction of sp³-hybridized carbons (Fsp3) is 0.333. The van der Waals surface area contributed by atoms with Gasteiger partial charge in [-0.1, -0.05) is 5.16 Å². The summed E-state index contributed by atoms with van der Waals surface area (Å²) in [7, 11) is 0. The number of aliphatic carboxylic acids is 1. The quantitative estimate of drug-likeness (QED) is 0.736. The van der Waals surface area contributed by atoms with Crippen molar-refractivity contribution in [3.8, 4) is 0 Å². The Morgan fingerprint density at radius 1 is 1.75 bits per heavy atom. The van der Waals surface area contributed by atoms with Crippen molar-refractivity contribution in [1.29, 1.82) is 0 Å². The van der Waals surface area contributed by atoms with Crippen molar-refractivity contribution >= 4 is 5.97 Å². The van der Waals surface area contributed by atoms with Gasteiger partial charge in [-0.25, -0.2) is 4.79 Å². The van der Waals surface area contributed by atoms with Crippen LogP contribution in [0.3, 0.4) is 0 Å². The lowest BCUT2D eigenvalue weighted by Crippen LogP contribution is -2.25. The molecule has 0 bridgehead atoms. The van der Waals surface area contributed by atoms with Gasteiger partial charge in [0.25, 0.3) is 0 Å². The number of carboxylic acids is 1. The van der Waals surface area contributed by atoms with Crippen LogP contribution in [0.2, 0.25) is 0 Å². The first-order chi connectivity index (χ1) is 5.46. The average molecular weight is 177 g/mol. The first kappa shape index (κ1) is 8.63. The number of nitrogens with zero attached hydrogens (tertiary/aromatic N) is 1. The third-order valence-electron chi connectivity index (χ3n) is 1.36. The number of alkyl halides is 2. The molecule has 12 heavy (non-hydrogen) atoms. The summed E-state index contributed by atoms with van der Waals surface area (Å²) in [5, 5.41) is 11.3. The molecule has 0 saturated heterocycles. The topological polar surface area (TPSA) is 63.3 Å². The molecule has 0 unspecified atom stereocenters. The first-order valence-corrected chi connectivity index (χ1v) is 2.99. The SMILES string of the molecule is Cc1nocc1C(F)(F)C(=O)O. The zero-order valence-electron chi connectivity index (χ0n) is 6.04. The predicted molar refractivity (Wildman–Crippen MR) is 32.8 cm³/mol. The zero-order valence-corrected chi connectivity index (χ0v) is 6.04. The van der Waals surface area contributed by atoms with Crippen LogP contribution >= 0.6 is 0 Å². The summed E-state index contributed by atoms with van der Waals surface area (Å²) in [6, 6.07) is 0. The Bertz CT molecular complexity index is 307. The van der Waals surface area contributed by atoms with Crippen LogP contribution < -0.4 is 0 Å². The van der Waals surface area contributed by atoms with Gasteiger partial charge in [0.15, 0.2) is 0 Å². The molecular formula is C6H5F2NO3. The molecule has 0 fully saturated rings. The molecule has 0 atom stereocenters. The van der Waals surface area contributed by atoms with Gasteiger partial charge in [0.1, 0.15) is 6.26 Å². The molecule has 4 nitrogen and oxygen atoms in total. The number of carbonyl (C=O) groups is 1. The van der Waals surface area contributed by atoms with Crippen LogP contribution in [0.25, 0.3) is 0 Å². The van der Waals surface area contributed by atoms with Crippen molar-refractivity contribution in [2.75, 3.05) is 0 Å². The fourth-order valence-electron chi connectivity index (χ4n) is 0.709. The second-order valence-corrected chi connectivity index (χ2v) is 2.19. The Morgan fingerprint density at radius 2 is 2.33 bits per heavy atom. The van der Waals surface area contributed by atoms with Crippen molar-refractivity contribution in [3.63, 3.8) is 0 Å². The predicted octanol–water partition coefficient (Wildman–Crippen LogP) is 1.16. The summed E-state index contributed by atoms with van der Waals surface area (Å²) in [5.74, 6) is -6.14. The normalized spacial score (nSPS) is 11.6. The minimum Gasteiger partial charge on any atom is -0.477 e. The van der Waals surface area contributed by atoms with Crippen LogP contribution in [0.15, 0.2) is 10.8 Å². The highest BCUT2D eigenvalue weighted by Gasteiger charge is 2.44. The van der Waals surface area contributed by atoms with E-state index in [1.165, 1.54) is 6.92 Å². The van der Waals surface area contributed by atoms with Crippen molar-refractivity contribution in [3.05, 3.63) is 17.5 Å². The van der Waals surface area contributed by atoms with E-state index in [2.05, 4.69) is 9.68 Å². The number of hydrogen-bond donors (Lipinski definition) is 1. The van der Waals surface area contributed by atoms with E-state index in [1.807, 2.05) is 0 Å². The second-order valence-electron chi connectivity index (χ2n) is 2.19. The van der Waals surface area contributed by atoms with E-state index in [1.54, 1.807) is 0 Å². The molecule has 1 heterocycles. The maximum Gasteiger partial charge on any atom is 0.379 e. The lowest BCUT2D eigenvalue weighted by molar-refractivity contribution is -0.166. The van der Waals surface area contributed by atoms with Crippen molar-refractivity contribution in [1.82, 2.24) is 5.16 Å². The smallest absolute Gasteiger partial charge is 0.379 e. The third kappa shape index (κ3) is 1.15. The lowest BCUT2D eigenvalue weighted by Gasteiger charge is -2.07. The van der Waals surface area contributed by atoms with Crippen LogP contribution in [0.4, 0.5) is 8.78 Å². The molecule has 0 aliphatic rings. The van der Waals surface area contributed by atoms with Crippen LogP contribution in [0.5, 0.6) is 0 Å². The van der Waals surface area contributed by atoms with E-state index < -0.39 is 17.5 Å². The monoisotopic (exact) mass is 177 g/mol. The van der Waals surface area contributed by atoms with E-state index in [4.69, 9.17) is 5.11 Å². The highest BCUT2D eigenvalue weighted by molar-refractivity contribution is 5.77. The van der Waals surface area contributed by atoms with Gasteiger partial charge >= 0.3 is 11.9 Å². The van der Waals surface area contributed by atoms with Gasteiger partial charge in [0.05, 0.1) is 11.3 Å². The third-order valence-corrected chi connectivity index (χ3v) is 1.36. The molecule has 0 saturated carbocycles. The maximum atomic E-state index is 12.7. The minimum atomic E-state index is -3.93. The highest BCUT2D eigenvalue weighted by atomic mass is 19.3. The Balaban J connectivity index is 3.13. The van der Waals surface area contributed by atoms with Gasteiger partial charge in [0.2, 0.25) is 0 Å². The number of rotatable bonds is 2. The fourth-order valence-corrected chi connectivity index (χ4v) is 0.709. The molecule has 1 rings (SSSR count). The molecule has 0 aromatic carbocycles. The van der Waals surface area contributed by atoms with Crippen LogP contribution in [0, 0.1) is 6.92 Å². The molecule has 0 aliphatic heterocycles. The molecule has 0 amide bonds. The van der Waals surface area contributed by atoms with Gasteiger partial charge in [0, 0.05) is 0 Å². The first-order valence-electron chi connectivity index (χ1n) is 2.99. The standard InChI is InChI=1S/C6H5F2NO3/c1-3-4(2-12-9-3)6(7,8)5(10)11/h2H,1H3,(H,10,11). The summed E-state index contributed by atoms with van der Waals surface area (Å²) in [6.07, 6.45) is 0.628. The van der Waals surface area contributed by atoms with E-state index in [0.717, 1.165) is 0 Å². The summed E-state index contributed by atoms with van der Waals surface area (Å²) < 4.78 is 29.5. The van der Waals surface area contributed by atoms with Crippen molar-refractivity contribution in [2.45, 2.75) is 12.8 Å². The summed E-state index contributed by atoms with van der Waals surface area (Å²) >= 11 is 0. The maximum absolute atomic E-state index is 12.7. The Labute approximate surface area is 65.8 Å². The van der Waals surface area contributed by atoms with Crippen LogP contribution in [-0.4, -0.2) is 16.2 Å². The van der Waals surface area contributed by atoms with E-state index in [0.29, 0.717) is 6.26 Å². The molecular weight excluding hydrogens is 172 g/mol. The number of halogens is 2. The summed E-state index contributed by atoms with van der Waals surface area (Å²) in [4.78, 5) is 10.1. The molecule has 0 radical (unpaired) electrons. The molecule has 1 N–H and O–H groups in total. The van der Waals surface area contributed by atoms with Crippen molar-refractivity contribution in [2.24, 2.45) is 0 Å². The Hall–Kier alpha value is -1.46. The van der Waals surface area contributed by atoms with Gasteiger partial charge in [-0.15, -0.1) is 0 Å². The Kier molecular flexibility index (Phi) is 1.83. The molecule has 66 valence electrons. The highest BCUT2D eigenvalue weighted by Crippen LogP contribution is 2.29. The van der Waals surface area contributed by atoms with Gasteiger partial charge in [-0.05, 0) is 6.92 Å². The minimum absolute atomic E-state index is 0.123. The van der Waals surface area contributed by atoms with E-state index in [9.17, 15) is 13.6 Å². The molecule has 0 aliphatic carbocycles. The van der Waals surface area contributed by atoms with Crippen LogP contribution in [-0.2, 0) is 10.7 Å². The van der Waals surface area contributed by atoms with Gasteiger partial charge < -0.3 is 9.63 Å². The molecule has 0 spiro atoms. The number of carboxylic acid groups (broad SMARTS) is 1. The van der Waals surface area contributed by atoms with E-state index >= 15 is 0 Å². The van der Waals surface area contributed by atoms with Crippen molar-refractivity contribution < 1.29 is 23.2 Å². The molecule has 1 aromatic heterocycles. The molecule has 1 aromatic rings. The summed E-state index contributed by atoms with van der Waals surface area (Å²) in [6.45, 7) is 1.25. The average Bonchev–Trinajstić information content (AvgIpc) is 2.35. The largest absolute Gasteiger partial charge is 0.477 e. The molecule has 6 heteroatoms. The van der Waals surface area contributed by atoms with Crippen LogP contribution in [0.1, 0.15) is 11.3 Å². The van der Waals surface area contributed by atoms with E-state index in [-0.39, 0.29) is 5.69 Å². The van der Waals surface area contributed by atoms with Gasteiger partial charge in [-0.3, -0.25) is 0 Å². The number of aryl methyl sites for hydroxylation is 1. The summed E-state index contributed by atoms with van der Waals surface area (Å²) in [5.41, 5.74) is -0.836. The second kappa shape index (κ2) is 2.54.